The van der Waals surface area contributed by atoms with Crippen LogP contribution in [-0.2, 0) is 6.54 Å². The van der Waals surface area contributed by atoms with E-state index in [-0.39, 0.29) is 11.9 Å². The highest BCUT2D eigenvalue weighted by atomic mass is 32.1. The lowest BCUT2D eigenvalue weighted by Crippen LogP contribution is -2.30. The molecule has 0 radical (unpaired) electrons. The molecule has 0 aromatic carbocycles. The smallest absolute Gasteiger partial charge is 0.274 e. The van der Waals surface area contributed by atoms with Crippen LogP contribution >= 0.6 is 11.3 Å². The summed E-state index contributed by atoms with van der Waals surface area (Å²) in [4.78, 5) is 15.8. The third-order valence-corrected chi connectivity index (χ3v) is 4.54. The first-order chi connectivity index (χ1) is 9.29. The van der Waals surface area contributed by atoms with Crippen LogP contribution in [0.5, 0.6) is 0 Å². The Labute approximate surface area is 116 Å². The predicted molar refractivity (Wildman–Crippen MR) is 75.2 cm³/mol. The number of aromatic nitrogens is 2. The number of amides is 1. The molecule has 1 amide bonds. The molecule has 0 spiro atoms. The van der Waals surface area contributed by atoms with Crippen molar-refractivity contribution in [2.75, 3.05) is 6.54 Å². The van der Waals surface area contributed by atoms with E-state index in [1.807, 2.05) is 30.2 Å². The van der Waals surface area contributed by atoms with Crippen molar-refractivity contribution in [1.82, 2.24) is 14.7 Å². The summed E-state index contributed by atoms with van der Waals surface area (Å²) in [5.74, 6) is 0.0584. The molecule has 5 heteroatoms. The Balaban J connectivity index is 1.82. The van der Waals surface area contributed by atoms with E-state index in [1.165, 1.54) is 4.88 Å². The van der Waals surface area contributed by atoms with Crippen LogP contribution in [0.3, 0.4) is 0 Å². The van der Waals surface area contributed by atoms with Gasteiger partial charge in [-0.1, -0.05) is 6.07 Å². The molecule has 1 fully saturated rings. The second-order valence-corrected chi connectivity index (χ2v) is 5.71. The number of carbonyl (C=O) groups is 1. The Hall–Kier alpha value is -1.62. The Morgan fingerprint density at radius 2 is 2.42 bits per heavy atom. The van der Waals surface area contributed by atoms with Crippen LogP contribution in [0.2, 0.25) is 0 Å². The van der Waals surface area contributed by atoms with Gasteiger partial charge in [-0.3, -0.25) is 9.48 Å². The number of hydrogen-bond acceptors (Lipinski definition) is 3. The third kappa shape index (κ3) is 2.30. The van der Waals surface area contributed by atoms with Crippen LogP contribution < -0.4 is 0 Å². The molecule has 0 N–H and O–H groups in total. The van der Waals surface area contributed by atoms with Crippen molar-refractivity contribution in [3.05, 3.63) is 40.3 Å². The fourth-order valence-electron chi connectivity index (χ4n) is 2.59. The number of carbonyl (C=O) groups excluding carboxylic acids is 1. The topological polar surface area (TPSA) is 38.1 Å². The molecule has 100 valence electrons. The van der Waals surface area contributed by atoms with E-state index >= 15 is 0 Å². The standard InChI is InChI=1S/C14H17N3OS/c1-2-16-9-7-11(15-16)14(18)17-8-3-5-12(17)13-6-4-10-19-13/h4,6-7,9-10,12H,2-3,5,8H2,1H3. The van der Waals surface area contributed by atoms with E-state index in [9.17, 15) is 4.79 Å². The zero-order chi connectivity index (χ0) is 13.2. The lowest BCUT2D eigenvalue weighted by Gasteiger charge is -2.22. The molecular formula is C14H17N3OS. The molecule has 1 saturated heterocycles. The van der Waals surface area contributed by atoms with Gasteiger partial charge >= 0.3 is 0 Å². The highest BCUT2D eigenvalue weighted by Crippen LogP contribution is 2.35. The number of likely N-dealkylation sites (tertiary alicyclic amines) is 1. The lowest BCUT2D eigenvalue weighted by molar-refractivity contribution is 0.0731. The summed E-state index contributed by atoms with van der Waals surface area (Å²) in [6.07, 6.45) is 3.99. The van der Waals surface area contributed by atoms with E-state index in [0.717, 1.165) is 25.9 Å². The van der Waals surface area contributed by atoms with Gasteiger partial charge in [0.2, 0.25) is 0 Å². The molecule has 1 aliphatic heterocycles. The summed E-state index contributed by atoms with van der Waals surface area (Å²) in [6, 6.07) is 6.22. The number of hydrogen-bond donors (Lipinski definition) is 0. The first-order valence-corrected chi connectivity index (χ1v) is 7.55. The summed E-state index contributed by atoms with van der Waals surface area (Å²) in [7, 11) is 0. The fourth-order valence-corrected chi connectivity index (χ4v) is 3.46. The maximum Gasteiger partial charge on any atom is 0.274 e. The van der Waals surface area contributed by atoms with E-state index < -0.39 is 0 Å². The van der Waals surface area contributed by atoms with Gasteiger partial charge < -0.3 is 4.90 Å². The van der Waals surface area contributed by atoms with Gasteiger partial charge in [0, 0.05) is 24.2 Å². The summed E-state index contributed by atoms with van der Waals surface area (Å²) in [6.45, 7) is 3.65. The van der Waals surface area contributed by atoms with Crippen LogP contribution in [0.25, 0.3) is 0 Å². The molecule has 1 atom stereocenters. The summed E-state index contributed by atoms with van der Waals surface area (Å²) < 4.78 is 1.80. The zero-order valence-corrected chi connectivity index (χ0v) is 11.8. The Kier molecular flexibility index (Phi) is 3.38. The second-order valence-electron chi connectivity index (χ2n) is 4.73. The van der Waals surface area contributed by atoms with E-state index in [4.69, 9.17) is 0 Å². The highest BCUT2D eigenvalue weighted by Gasteiger charge is 2.32. The number of nitrogens with zero attached hydrogens (tertiary/aromatic N) is 3. The Bertz CT molecular complexity index is 561. The molecule has 3 heterocycles. The van der Waals surface area contributed by atoms with Crippen molar-refractivity contribution in [3.63, 3.8) is 0 Å². The molecule has 0 aliphatic carbocycles. The maximum absolute atomic E-state index is 12.5. The van der Waals surface area contributed by atoms with E-state index in [0.29, 0.717) is 5.69 Å². The number of thiophene rings is 1. The van der Waals surface area contributed by atoms with Crippen LogP contribution in [0.4, 0.5) is 0 Å². The van der Waals surface area contributed by atoms with Gasteiger partial charge in [-0.05, 0) is 37.3 Å². The summed E-state index contributed by atoms with van der Waals surface area (Å²) in [5.41, 5.74) is 0.560. The van der Waals surface area contributed by atoms with Gasteiger partial charge in [0.05, 0.1) is 6.04 Å². The number of rotatable bonds is 3. The van der Waals surface area contributed by atoms with Crippen molar-refractivity contribution in [2.24, 2.45) is 0 Å². The third-order valence-electron chi connectivity index (χ3n) is 3.57. The predicted octanol–water partition coefficient (Wildman–Crippen LogP) is 2.94. The first-order valence-electron chi connectivity index (χ1n) is 6.67. The molecule has 2 aromatic heterocycles. The number of aryl methyl sites for hydroxylation is 1. The van der Waals surface area contributed by atoms with Crippen molar-refractivity contribution in [2.45, 2.75) is 32.4 Å². The minimum Gasteiger partial charge on any atom is -0.329 e. The van der Waals surface area contributed by atoms with Crippen molar-refractivity contribution in [3.8, 4) is 0 Å². The van der Waals surface area contributed by atoms with Gasteiger partial charge in [-0.25, -0.2) is 0 Å². The largest absolute Gasteiger partial charge is 0.329 e. The lowest BCUT2D eigenvalue weighted by atomic mass is 10.2. The van der Waals surface area contributed by atoms with E-state index in [2.05, 4.69) is 16.5 Å². The normalized spacial score (nSPS) is 19.0. The fraction of sp³-hybridized carbons (Fsp3) is 0.429. The van der Waals surface area contributed by atoms with Crippen molar-refractivity contribution < 1.29 is 4.79 Å². The van der Waals surface area contributed by atoms with Gasteiger partial charge in [-0.2, -0.15) is 5.10 Å². The van der Waals surface area contributed by atoms with Crippen LogP contribution in [0, 0.1) is 0 Å². The molecule has 19 heavy (non-hydrogen) atoms. The van der Waals surface area contributed by atoms with Crippen LogP contribution in [0.15, 0.2) is 29.8 Å². The van der Waals surface area contributed by atoms with Gasteiger partial charge in [0.25, 0.3) is 5.91 Å². The average molecular weight is 275 g/mol. The van der Waals surface area contributed by atoms with Gasteiger partial charge in [0.15, 0.2) is 0 Å². The average Bonchev–Trinajstić information content (AvgIpc) is 3.16. The van der Waals surface area contributed by atoms with Crippen LogP contribution in [0.1, 0.15) is 41.2 Å². The van der Waals surface area contributed by atoms with E-state index in [1.54, 1.807) is 16.0 Å². The SMILES string of the molecule is CCn1ccc(C(=O)N2CCCC2c2cccs2)n1. The minimum absolute atomic E-state index is 0.0584. The molecule has 2 aromatic rings. The minimum atomic E-state index is 0.0584. The maximum atomic E-state index is 12.5. The molecule has 4 nitrogen and oxygen atoms in total. The second kappa shape index (κ2) is 5.17. The summed E-state index contributed by atoms with van der Waals surface area (Å²) in [5, 5.41) is 6.39. The first kappa shape index (κ1) is 12.4. The van der Waals surface area contributed by atoms with Crippen LogP contribution in [-0.4, -0.2) is 27.1 Å². The van der Waals surface area contributed by atoms with Gasteiger partial charge in [-0.15, -0.1) is 11.3 Å². The molecule has 0 saturated carbocycles. The summed E-state index contributed by atoms with van der Waals surface area (Å²) >= 11 is 1.73. The Morgan fingerprint density at radius 3 is 3.11 bits per heavy atom. The molecule has 3 rings (SSSR count). The quantitative estimate of drug-likeness (QED) is 0.863. The molecule has 1 unspecified atom stereocenters. The molecular weight excluding hydrogens is 258 g/mol. The molecule has 1 aliphatic rings. The molecule has 0 bridgehead atoms. The van der Waals surface area contributed by atoms with Crippen molar-refractivity contribution >= 4 is 17.2 Å². The highest BCUT2D eigenvalue weighted by molar-refractivity contribution is 7.10. The Morgan fingerprint density at radius 1 is 1.53 bits per heavy atom. The monoisotopic (exact) mass is 275 g/mol. The zero-order valence-electron chi connectivity index (χ0n) is 11.0. The van der Waals surface area contributed by atoms with Gasteiger partial charge in [0.1, 0.15) is 5.69 Å². The van der Waals surface area contributed by atoms with Crippen molar-refractivity contribution in [1.29, 1.82) is 0 Å².